The second-order valence-electron chi connectivity index (χ2n) is 13.5. The molecule has 3 saturated carbocycles. The summed E-state index contributed by atoms with van der Waals surface area (Å²) in [5, 5.41) is 0. The lowest BCUT2D eigenvalue weighted by atomic mass is 9.34. The molecular formula is C32H42O6. The lowest BCUT2D eigenvalue weighted by Gasteiger charge is -2.69. The number of allylic oxidation sites excluding steroid dienone is 2. The van der Waals surface area contributed by atoms with E-state index in [2.05, 4.69) is 34.6 Å². The van der Waals surface area contributed by atoms with Gasteiger partial charge in [-0.05, 0) is 97.3 Å². The van der Waals surface area contributed by atoms with Crippen molar-refractivity contribution in [2.45, 2.75) is 85.0 Å². The molecule has 0 heterocycles. The van der Waals surface area contributed by atoms with Crippen LogP contribution in [0.3, 0.4) is 0 Å². The summed E-state index contributed by atoms with van der Waals surface area (Å²) in [6.45, 7) is 11.5. The van der Waals surface area contributed by atoms with Gasteiger partial charge in [-0.1, -0.05) is 27.7 Å². The smallest absolute Gasteiger partial charge is 0.311 e. The van der Waals surface area contributed by atoms with Crippen molar-refractivity contribution < 1.29 is 28.6 Å². The lowest BCUT2D eigenvalue weighted by molar-refractivity contribution is -0.179. The first-order valence-corrected chi connectivity index (χ1v) is 13.9. The van der Waals surface area contributed by atoms with Crippen molar-refractivity contribution in [3.8, 4) is 11.5 Å². The minimum atomic E-state index is -0.493. The number of carbonyl (C=O) groups is 3. The van der Waals surface area contributed by atoms with Crippen molar-refractivity contribution in [3.63, 3.8) is 0 Å². The number of hydrogen-bond donors (Lipinski definition) is 0. The molecule has 0 unspecified atom stereocenters. The maximum atomic E-state index is 13.8. The highest BCUT2D eigenvalue weighted by Crippen LogP contribution is 2.74. The Balaban J connectivity index is 1.67. The van der Waals surface area contributed by atoms with Crippen LogP contribution in [-0.4, -0.2) is 39.4 Å². The first-order chi connectivity index (χ1) is 17.8. The van der Waals surface area contributed by atoms with Crippen LogP contribution in [0.25, 0.3) is 0 Å². The van der Waals surface area contributed by atoms with Crippen LogP contribution >= 0.6 is 0 Å². The Bertz CT molecular complexity index is 1260. The van der Waals surface area contributed by atoms with E-state index in [-0.39, 0.29) is 33.6 Å². The van der Waals surface area contributed by atoms with Gasteiger partial charge in [0.05, 0.1) is 32.3 Å². The van der Waals surface area contributed by atoms with Gasteiger partial charge in [-0.25, -0.2) is 0 Å². The number of rotatable bonds is 4. The molecule has 0 saturated heterocycles. The minimum Gasteiger partial charge on any atom is -0.493 e. The molecule has 0 N–H and O–H groups in total. The zero-order chi connectivity index (χ0) is 27.9. The summed E-state index contributed by atoms with van der Waals surface area (Å²) < 4.78 is 16.4. The van der Waals surface area contributed by atoms with E-state index >= 15 is 0 Å². The zero-order valence-electron chi connectivity index (χ0n) is 24.2. The zero-order valence-corrected chi connectivity index (χ0v) is 24.2. The lowest BCUT2D eigenvalue weighted by Crippen LogP contribution is -2.62. The molecule has 6 heteroatoms. The fourth-order valence-electron chi connectivity index (χ4n) is 9.25. The third kappa shape index (κ3) is 3.21. The molecule has 1 aromatic rings. The molecule has 3 fully saturated rings. The van der Waals surface area contributed by atoms with Gasteiger partial charge < -0.3 is 14.2 Å². The fourth-order valence-corrected chi connectivity index (χ4v) is 9.25. The van der Waals surface area contributed by atoms with Crippen molar-refractivity contribution in [2.24, 2.45) is 27.6 Å². The maximum absolute atomic E-state index is 13.8. The van der Waals surface area contributed by atoms with Gasteiger partial charge in [-0.3, -0.25) is 14.4 Å². The highest BCUT2D eigenvalue weighted by molar-refractivity contribution is 6.14. The number of aldehydes is 1. The number of benzene rings is 1. The molecule has 0 spiro atoms. The van der Waals surface area contributed by atoms with E-state index in [0.717, 1.165) is 62.4 Å². The SMILES string of the molecule is COC(=O)[C@]1(C)CC[C@]2(C)CC[C@]3(C)C4=CC(=O)c5c(cc(OC)c(OC)c5C=O)[C@]4(C)CC[C@@]3(C)[C@@H]2C1. The third-order valence-electron chi connectivity index (χ3n) is 11.9. The topological polar surface area (TPSA) is 78.9 Å². The first kappa shape index (κ1) is 27.0. The minimum absolute atomic E-state index is 0.0944. The molecule has 0 bridgehead atoms. The van der Waals surface area contributed by atoms with Crippen molar-refractivity contribution in [1.29, 1.82) is 0 Å². The summed E-state index contributed by atoms with van der Waals surface area (Å²) in [7, 11) is 4.55. The third-order valence-corrected chi connectivity index (χ3v) is 11.9. The van der Waals surface area contributed by atoms with Gasteiger partial charge >= 0.3 is 5.97 Å². The van der Waals surface area contributed by atoms with Crippen molar-refractivity contribution in [2.75, 3.05) is 21.3 Å². The molecular weight excluding hydrogens is 480 g/mol. The van der Waals surface area contributed by atoms with E-state index in [9.17, 15) is 14.4 Å². The Morgan fingerprint density at radius 1 is 0.947 bits per heavy atom. The van der Waals surface area contributed by atoms with Gasteiger partial charge in [0.1, 0.15) is 0 Å². The monoisotopic (exact) mass is 522 g/mol. The Kier molecular flexibility index (Phi) is 5.98. The number of carbonyl (C=O) groups excluding carboxylic acids is 3. The fraction of sp³-hybridized carbons (Fsp3) is 0.656. The van der Waals surface area contributed by atoms with E-state index in [0.29, 0.717) is 23.0 Å². The van der Waals surface area contributed by atoms with Crippen molar-refractivity contribution in [1.82, 2.24) is 0 Å². The number of ketones is 1. The summed E-state index contributed by atoms with van der Waals surface area (Å²) >= 11 is 0. The predicted molar refractivity (Wildman–Crippen MR) is 145 cm³/mol. The maximum Gasteiger partial charge on any atom is 0.311 e. The Hall–Kier alpha value is -2.63. The average Bonchev–Trinajstić information content (AvgIpc) is 2.91. The standard InChI is InChI=1S/C32H42O6/c1-28-9-10-29(2,27(35)38-8)17-24(28)32(5)14-12-30(3)20-15-22(36-6)26(37-7)19(18-33)25(20)21(34)16-23(30)31(32,4)13-11-28/h15-16,18,24H,9-14,17H2,1-8H3/t24-,28-,29-,30+,31-,32+/m1/s1. The molecule has 6 atom stereocenters. The molecule has 1 aromatic carbocycles. The highest BCUT2D eigenvalue weighted by atomic mass is 16.5. The predicted octanol–water partition coefficient (Wildman–Crippen LogP) is 6.48. The molecule has 0 aromatic heterocycles. The van der Waals surface area contributed by atoms with E-state index < -0.39 is 10.8 Å². The summed E-state index contributed by atoms with van der Waals surface area (Å²) in [4.78, 5) is 39.0. The summed E-state index contributed by atoms with van der Waals surface area (Å²) in [6, 6.07) is 1.92. The van der Waals surface area contributed by atoms with E-state index in [1.807, 2.05) is 12.1 Å². The number of ether oxygens (including phenoxy) is 3. The molecule has 6 nitrogen and oxygen atoms in total. The number of hydrogen-bond acceptors (Lipinski definition) is 6. The molecule has 4 aliphatic carbocycles. The van der Waals surface area contributed by atoms with Gasteiger partial charge in [0.25, 0.3) is 0 Å². The van der Waals surface area contributed by atoms with E-state index in [1.165, 1.54) is 14.2 Å². The average molecular weight is 523 g/mol. The van der Waals surface area contributed by atoms with Crippen LogP contribution in [0.5, 0.6) is 11.5 Å². The van der Waals surface area contributed by atoms with Crippen molar-refractivity contribution >= 4 is 18.0 Å². The van der Waals surface area contributed by atoms with Crippen LogP contribution in [0.4, 0.5) is 0 Å². The van der Waals surface area contributed by atoms with Crippen molar-refractivity contribution in [3.05, 3.63) is 34.4 Å². The molecule has 4 aliphatic rings. The number of methoxy groups -OCH3 is 3. The summed E-state index contributed by atoms with van der Waals surface area (Å²) in [6.07, 6.45) is 9.07. The van der Waals surface area contributed by atoms with Crippen LogP contribution in [-0.2, 0) is 14.9 Å². The van der Waals surface area contributed by atoms with Crippen LogP contribution in [0.15, 0.2) is 17.7 Å². The summed E-state index contributed by atoms with van der Waals surface area (Å²) in [5.41, 5.74) is 1.63. The molecule has 5 rings (SSSR count). The van der Waals surface area contributed by atoms with Crippen LogP contribution < -0.4 is 9.47 Å². The molecule has 0 radical (unpaired) electrons. The number of fused-ring (bicyclic) bond motifs is 7. The normalized spacial score (nSPS) is 39.5. The van der Waals surface area contributed by atoms with Crippen LogP contribution in [0.1, 0.15) is 106 Å². The van der Waals surface area contributed by atoms with Gasteiger partial charge in [0, 0.05) is 11.0 Å². The van der Waals surface area contributed by atoms with Crippen LogP contribution in [0.2, 0.25) is 0 Å². The Labute approximate surface area is 226 Å². The first-order valence-electron chi connectivity index (χ1n) is 13.9. The highest BCUT2D eigenvalue weighted by Gasteiger charge is 2.67. The number of esters is 1. The van der Waals surface area contributed by atoms with E-state index in [1.54, 1.807) is 7.11 Å². The van der Waals surface area contributed by atoms with E-state index in [4.69, 9.17) is 14.2 Å². The Morgan fingerprint density at radius 2 is 1.63 bits per heavy atom. The Morgan fingerprint density at radius 3 is 2.24 bits per heavy atom. The van der Waals surface area contributed by atoms with Gasteiger partial charge in [-0.2, -0.15) is 0 Å². The molecule has 0 aliphatic heterocycles. The summed E-state index contributed by atoms with van der Waals surface area (Å²) in [5.74, 6) is 0.848. The van der Waals surface area contributed by atoms with Gasteiger partial charge in [-0.15, -0.1) is 0 Å². The van der Waals surface area contributed by atoms with Crippen LogP contribution in [0, 0.1) is 27.6 Å². The molecule has 206 valence electrons. The molecule has 38 heavy (non-hydrogen) atoms. The van der Waals surface area contributed by atoms with Gasteiger partial charge in [0.2, 0.25) is 0 Å². The quantitative estimate of drug-likeness (QED) is 0.333. The second kappa shape index (κ2) is 8.43. The molecule has 0 amide bonds. The second-order valence-corrected chi connectivity index (χ2v) is 13.5. The largest absolute Gasteiger partial charge is 0.493 e. The van der Waals surface area contributed by atoms with Gasteiger partial charge in [0.15, 0.2) is 23.6 Å².